The zero-order valence-electron chi connectivity index (χ0n) is 19.0. The van der Waals surface area contributed by atoms with E-state index < -0.39 is 0 Å². The first kappa shape index (κ1) is 25.6. The van der Waals surface area contributed by atoms with E-state index in [0.717, 1.165) is 45.1 Å². The summed E-state index contributed by atoms with van der Waals surface area (Å²) >= 11 is 0. The van der Waals surface area contributed by atoms with Crippen LogP contribution < -0.4 is 10.6 Å². The minimum Gasteiger partial charge on any atom is -0.357 e. The molecule has 1 heterocycles. The number of halogens is 1. The van der Waals surface area contributed by atoms with Gasteiger partial charge < -0.3 is 15.5 Å². The Balaban J connectivity index is 0.00000341. The van der Waals surface area contributed by atoms with E-state index in [0.29, 0.717) is 6.54 Å². The van der Waals surface area contributed by atoms with Crippen LogP contribution in [-0.2, 0) is 19.5 Å². The van der Waals surface area contributed by atoms with Crippen molar-refractivity contribution in [3.63, 3.8) is 0 Å². The summed E-state index contributed by atoms with van der Waals surface area (Å²) in [6.45, 7) is 10.3. The molecule has 0 amide bonds. The Morgan fingerprint density at radius 3 is 2.35 bits per heavy atom. The summed E-state index contributed by atoms with van der Waals surface area (Å²) < 4.78 is 0. The van der Waals surface area contributed by atoms with Gasteiger partial charge in [0.15, 0.2) is 5.96 Å². The van der Waals surface area contributed by atoms with E-state index in [-0.39, 0.29) is 24.0 Å². The largest absolute Gasteiger partial charge is 0.357 e. The standard InChI is InChI=1S/C25H37N5.HI/c1-3-26-25(27-15-14-22-8-5-4-6-9-22)28-20-23-10-12-24(13-11-23)21-30-17-7-16-29(2)18-19-30;/h4-6,8-13H,3,7,14-21H2,1-2H3,(H2,26,27,28);1H. The van der Waals surface area contributed by atoms with Crippen LogP contribution >= 0.6 is 24.0 Å². The molecule has 2 aromatic rings. The van der Waals surface area contributed by atoms with E-state index in [1.807, 2.05) is 0 Å². The predicted molar refractivity (Wildman–Crippen MR) is 142 cm³/mol. The molecule has 0 bridgehead atoms. The molecule has 0 unspecified atom stereocenters. The Morgan fingerprint density at radius 2 is 1.61 bits per heavy atom. The molecule has 2 N–H and O–H groups in total. The minimum absolute atomic E-state index is 0. The minimum atomic E-state index is 0. The van der Waals surface area contributed by atoms with Crippen molar-refractivity contribution in [2.24, 2.45) is 4.99 Å². The van der Waals surface area contributed by atoms with Gasteiger partial charge in [-0.2, -0.15) is 0 Å². The molecule has 3 rings (SSSR count). The average Bonchev–Trinajstić information content (AvgIpc) is 2.98. The topological polar surface area (TPSA) is 42.9 Å². The average molecular weight is 536 g/mol. The number of rotatable bonds is 8. The molecule has 0 spiro atoms. The molecule has 0 atom stereocenters. The number of hydrogen-bond donors (Lipinski definition) is 2. The van der Waals surface area contributed by atoms with Crippen LogP contribution in [0.4, 0.5) is 0 Å². The first-order chi connectivity index (χ1) is 14.7. The van der Waals surface area contributed by atoms with E-state index in [1.54, 1.807) is 0 Å². The molecule has 0 aromatic heterocycles. The smallest absolute Gasteiger partial charge is 0.191 e. The molecule has 31 heavy (non-hydrogen) atoms. The van der Waals surface area contributed by atoms with Gasteiger partial charge in [0.05, 0.1) is 6.54 Å². The van der Waals surface area contributed by atoms with Gasteiger partial charge in [0.1, 0.15) is 0 Å². The van der Waals surface area contributed by atoms with Crippen LogP contribution in [0.1, 0.15) is 30.0 Å². The number of guanidine groups is 1. The molecule has 2 aromatic carbocycles. The number of benzene rings is 2. The highest BCUT2D eigenvalue weighted by molar-refractivity contribution is 14.0. The Kier molecular flexibility index (Phi) is 11.9. The molecule has 5 nitrogen and oxygen atoms in total. The van der Waals surface area contributed by atoms with Crippen molar-refractivity contribution in [2.75, 3.05) is 46.3 Å². The SMILES string of the molecule is CCNC(=NCc1ccc(CN2CCCN(C)CC2)cc1)NCCc1ccccc1.I. The maximum absolute atomic E-state index is 4.76. The van der Waals surface area contributed by atoms with Crippen molar-refractivity contribution in [2.45, 2.75) is 32.9 Å². The second-order valence-corrected chi connectivity index (χ2v) is 8.11. The van der Waals surface area contributed by atoms with Gasteiger partial charge in [0, 0.05) is 32.7 Å². The molecule has 6 heteroatoms. The van der Waals surface area contributed by atoms with Gasteiger partial charge in [0.25, 0.3) is 0 Å². The van der Waals surface area contributed by atoms with Crippen LogP contribution in [-0.4, -0.2) is 62.1 Å². The van der Waals surface area contributed by atoms with Gasteiger partial charge in [-0.15, -0.1) is 24.0 Å². The number of nitrogens with zero attached hydrogens (tertiary/aromatic N) is 3. The first-order valence-electron chi connectivity index (χ1n) is 11.3. The van der Waals surface area contributed by atoms with Crippen LogP contribution in [0.15, 0.2) is 59.6 Å². The number of hydrogen-bond acceptors (Lipinski definition) is 3. The number of likely N-dealkylation sites (N-methyl/N-ethyl adjacent to an activating group) is 1. The van der Waals surface area contributed by atoms with Gasteiger partial charge in [-0.1, -0.05) is 54.6 Å². The zero-order valence-corrected chi connectivity index (χ0v) is 21.3. The monoisotopic (exact) mass is 535 g/mol. The Hall–Kier alpha value is -1.64. The maximum atomic E-state index is 4.76. The highest BCUT2D eigenvalue weighted by atomic mass is 127. The van der Waals surface area contributed by atoms with Crippen LogP contribution in [0.3, 0.4) is 0 Å². The Bertz CT molecular complexity index is 763. The highest BCUT2D eigenvalue weighted by Gasteiger charge is 2.12. The third kappa shape index (κ3) is 9.58. The van der Waals surface area contributed by atoms with Crippen molar-refractivity contribution in [3.8, 4) is 0 Å². The fourth-order valence-corrected chi connectivity index (χ4v) is 3.75. The van der Waals surface area contributed by atoms with E-state index in [9.17, 15) is 0 Å². The molecular weight excluding hydrogens is 497 g/mol. The third-order valence-corrected chi connectivity index (χ3v) is 5.55. The lowest BCUT2D eigenvalue weighted by molar-refractivity contribution is 0.269. The van der Waals surface area contributed by atoms with Crippen molar-refractivity contribution in [1.29, 1.82) is 0 Å². The molecule has 170 valence electrons. The molecule has 0 aliphatic carbocycles. The van der Waals surface area contributed by atoms with E-state index >= 15 is 0 Å². The number of nitrogens with one attached hydrogen (secondary N) is 2. The predicted octanol–water partition coefficient (Wildman–Crippen LogP) is 3.74. The summed E-state index contributed by atoms with van der Waals surface area (Å²) in [4.78, 5) is 9.75. The normalized spacial score (nSPS) is 15.7. The van der Waals surface area contributed by atoms with Gasteiger partial charge in [-0.25, -0.2) is 4.99 Å². The Morgan fingerprint density at radius 1 is 0.871 bits per heavy atom. The summed E-state index contributed by atoms with van der Waals surface area (Å²) in [7, 11) is 2.22. The van der Waals surface area contributed by atoms with Crippen molar-refractivity contribution >= 4 is 29.9 Å². The molecule has 0 saturated carbocycles. The van der Waals surface area contributed by atoms with Crippen molar-refractivity contribution < 1.29 is 0 Å². The fourth-order valence-electron chi connectivity index (χ4n) is 3.75. The van der Waals surface area contributed by atoms with E-state index in [1.165, 1.54) is 36.2 Å². The van der Waals surface area contributed by atoms with Gasteiger partial charge in [-0.05, 0) is 56.6 Å². The van der Waals surface area contributed by atoms with Gasteiger partial charge in [0.2, 0.25) is 0 Å². The maximum Gasteiger partial charge on any atom is 0.191 e. The summed E-state index contributed by atoms with van der Waals surface area (Å²) in [5.74, 6) is 0.881. The lowest BCUT2D eigenvalue weighted by Gasteiger charge is -2.20. The lowest BCUT2D eigenvalue weighted by Crippen LogP contribution is -2.38. The lowest BCUT2D eigenvalue weighted by atomic mass is 10.1. The number of aliphatic imine (C=N–C) groups is 1. The summed E-state index contributed by atoms with van der Waals surface area (Å²) in [5, 5.41) is 6.79. The van der Waals surface area contributed by atoms with Gasteiger partial charge in [-0.3, -0.25) is 4.90 Å². The molecule has 0 radical (unpaired) electrons. The van der Waals surface area contributed by atoms with Crippen LogP contribution in [0.2, 0.25) is 0 Å². The van der Waals surface area contributed by atoms with Crippen molar-refractivity contribution in [1.82, 2.24) is 20.4 Å². The third-order valence-electron chi connectivity index (χ3n) is 5.55. The quantitative estimate of drug-likeness (QED) is 0.307. The second kappa shape index (κ2) is 14.4. The Labute approximate surface area is 205 Å². The zero-order chi connectivity index (χ0) is 21.0. The van der Waals surface area contributed by atoms with Crippen molar-refractivity contribution in [3.05, 3.63) is 71.3 Å². The molecule has 1 aliphatic heterocycles. The fraction of sp³-hybridized carbons (Fsp3) is 0.480. The van der Waals surface area contributed by atoms with E-state index in [2.05, 4.69) is 89.0 Å². The first-order valence-corrected chi connectivity index (χ1v) is 11.3. The molecule has 1 aliphatic rings. The summed E-state index contributed by atoms with van der Waals surface area (Å²) in [6, 6.07) is 19.5. The highest BCUT2D eigenvalue weighted by Crippen LogP contribution is 2.11. The molecule has 1 fully saturated rings. The van der Waals surface area contributed by atoms with Crippen LogP contribution in [0, 0.1) is 0 Å². The summed E-state index contributed by atoms with van der Waals surface area (Å²) in [5.41, 5.74) is 3.97. The molecular formula is C25H38IN5. The van der Waals surface area contributed by atoms with Gasteiger partial charge >= 0.3 is 0 Å². The second-order valence-electron chi connectivity index (χ2n) is 8.11. The summed E-state index contributed by atoms with van der Waals surface area (Å²) in [6.07, 6.45) is 2.25. The van der Waals surface area contributed by atoms with Crippen LogP contribution in [0.25, 0.3) is 0 Å². The molecule has 1 saturated heterocycles. The van der Waals surface area contributed by atoms with E-state index in [4.69, 9.17) is 4.99 Å². The van der Waals surface area contributed by atoms with Crippen LogP contribution in [0.5, 0.6) is 0 Å².